The second kappa shape index (κ2) is 8.15. The molecular formula is C17H23BrN2O6S. The fourth-order valence-electron chi connectivity index (χ4n) is 2.61. The van der Waals surface area contributed by atoms with Gasteiger partial charge in [-0.2, -0.15) is 4.31 Å². The third-order valence-electron chi connectivity index (χ3n) is 3.90. The van der Waals surface area contributed by atoms with Gasteiger partial charge in [0.1, 0.15) is 11.6 Å². The van der Waals surface area contributed by atoms with E-state index in [9.17, 15) is 18.0 Å². The molecule has 10 heteroatoms. The number of benzene rings is 1. The Hall–Kier alpha value is -1.65. The van der Waals surface area contributed by atoms with Crippen molar-refractivity contribution in [3.8, 4) is 0 Å². The van der Waals surface area contributed by atoms with Crippen molar-refractivity contribution >= 4 is 38.0 Å². The standard InChI is InChI=1S/C17H23BrN2O6S/c1-17(2,3)26-16(22)20-10-9-19(11-14(20)15(21)25-4)27(23,24)13-7-5-12(18)6-8-13/h5-8,14H,9-11H2,1-4H3. The highest BCUT2D eigenvalue weighted by Gasteiger charge is 2.42. The molecule has 1 amide bonds. The van der Waals surface area contributed by atoms with Gasteiger partial charge in [0.25, 0.3) is 0 Å². The lowest BCUT2D eigenvalue weighted by Crippen LogP contribution is -2.60. The maximum Gasteiger partial charge on any atom is 0.411 e. The van der Waals surface area contributed by atoms with Crippen molar-refractivity contribution in [3.05, 3.63) is 28.7 Å². The molecule has 0 radical (unpaired) electrons. The summed E-state index contributed by atoms with van der Waals surface area (Å²) >= 11 is 3.27. The fourth-order valence-corrected chi connectivity index (χ4v) is 4.31. The third-order valence-corrected chi connectivity index (χ3v) is 6.30. The predicted octanol–water partition coefficient (Wildman–Crippen LogP) is 2.23. The lowest BCUT2D eigenvalue weighted by Gasteiger charge is -2.39. The zero-order valence-corrected chi connectivity index (χ0v) is 18.0. The van der Waals surface area contributed by atoms with E-state index in [1.54, 1.807) is 32.9 Å². The number of ether oxygens (including phenoxy) is 2. The van der Waals surface area contributed by atoms with Crippen molar-refractivity contribution in [1.29, 1.82) is 0 Å². The van der Waals surface area contributed by atoms with E-state index in [1.807, 2.05) is 0 Å². The maximum atomic E-state index is 12.9. The number of nitrogens with zero attached hydrogens (tertiary/aromatic N) is 2. The first-order valence-electron chi connectivity index (χ1n) is 8.29. The molecule has 1 atom stereocenters. The SMILES string of the molecule is COC(=O)C1CN(S(=O)(=O)c2ccc(Br)cc2)CCN1C(=O)OC(C)(C)C. The summed E-state index contributed by atoms with van der Waals surface area (Å²) in [6, 6.07) is 5.13. The van der Waals surface area contributed by atoms with Crippen molar-refractivity contribution in [2.45, 2.75) is 37.3 Å². The minimum absolute atomic E-state index is 0.0183. The van der Waals surface area contributed by atoms with Crippen LogP contribution in [-0.4, -0.2) is 68.1 Å². The van der Waals surface area contributed by atoms with E-state index >= 15 is 0 Å². The molecule has 8 nitrogen and oxygen atoms in total. The molecule has 150 valence electrons. The van der Waals surface area contributed by atoms with Gasteiger partial charge in [-0.25, -0.2) is 18.0 Å². The number of piperazine rings is 1. The summed E-state index contributed by atoms with van der Waals surface area (Å²) < 4.78 is 37.8. The zero-order valence-electron chi connectivity index (χ0n) is 15.6. The lowest BCUT2D eigenvalue weighted by molar-refractivity contribution is -0.148. The highest BCUT2D eigenvalue weighted by Crippen LogP contribution is 2.23. The Kier molecular flexibility index (Phi) is 6.54. The van der Waals surface area contributed by atoms with Crippen LogP contribution in [0.15, 0.2) is 33.6 Å². The summed E-state index contributed by atoms with van der Waals surface area (Å²) in [6.45, 7) is 5.00. The lowest BCUT2D eigenvalue weighted by atomic mass is 10.2. The number of esters is 1. The maximum absolute atomic E-state index is 12.9. The van der Waals surface area contributed by atoms with Crippen LogP contribution >= 0.6 is 15.9 Å². The average Bonchev–Trinajstić information content (AvgIpc) is 2.59. The molecule has 0 aromatic heterocycles. The molecule has 0 saturated carbocycles. The highest BCUT2D eigenvalue weighted by atomic mass is 79.9. The molecule has 0 aliphatic carbocycles. The van der Waals surface area contributed by atoms with Crippen molar-refractivity contribution in [2.24, 2.45) is 0 Å². The number of rotatable bonds is 3. The van der Waals surface area contributed by atoms with E-state index in [-0.39, 0.29) is 24.5 Å². The van der Waals surface area contributed by atoms with Crippen LogP contribution < -0.4 is 0 Å². The Balaban J connectivity index is 2.26. The summed E-state index contributed by atoms with van der Waals surface area (Å²) in [5, 5.41) is 0. The van der Waals surface area contributed by atoms with Crippen molar-refractivity contribution in [1.82, 2.24) is 9.21 Å². The van der Waals surface area contributed by atoms with Crippen LogP contribution in [0.1, 0.15) is 20.8 Å². The fraction of sp³-hybridized carbons (Fsp3) is 0.529. The topological polar surface area (TPSA) is 93.2 Å². The number of hydrogen-bond donors (Lipinski definition) is 0. The number of amides is 1. The first-order chi connectivity index (χ1) is 12.5. The summed E-state index contributed by atoms with van der Waals surface area (Å²) in [5.74, 6) is -0.698. The zero-order chi connectivity index (χ0) is 20.4. The highest BCUT2D eigenvalue weighted by molar-refractivity contribution is 9.10. The first-order valence-corrected chi connectivity index (χ1v) is 10.5. The monoisotopic (exact) mass is 462 g/mol. The normalized spacial score (nSPS) is 18.9. The van der Waals surface area contributed by atoms with Gasteiger partial charge in [0, 0.05) is 24.1 Å². The number of halogens is 1. The predicted molar refractivity (Wildman–Crippen MR) is 102 cm³/mol. The minimum Gasteiger partial charge on any atom is -0.467 e. The molecule has 27 heavy (non-hydrogen) atoms. The number of hydrogen-bond acceptors (Lipinski definition) is 6. The van der Waals surface area contributed by atoms with Gasteiger partial charge in [-0.1, -0.05) is 15.9 Å². The molecule has 1 aliphatic heterocycles. The molecular weight excluding hydrogens is 440 g/mol. The first kappa shape index (κ1) is 21.6. The molecule has 1 aromatic rings. The summed E-state index contributed by atoms with van der Waals surface area (Å²) in [6.07, 6.45) is -0.682. The van der Waals surface area contributed by atoms with Crippen molar-refractivity contribution < 1.29 is 27.5 Å². The van der Waals surface area contributed by atoms with E-state index in [1.165, 1.54) is 28.4 Å². The molecule has 1 heterocycles. The number of methoxy groups -OCH3 is 1. The summed E-state index contributed by atoms with van der Waals surface area (Å²) in [5.41, 5.74) is -0.738. The van der Waals surface area contributed by atoms with Crippen LogP contribution in [0, 0.1) is 0 Å². The number of carbonyl (C=O) groups is 2. The molecule has 1 fully saturated rings. The van der Waals surface area contributed by atoms with Crippen LogP contribution in [0.5, 0.6) is 0 Å². The van der Waals surface area contributed by atoms with Crippen LogP contribution in [0.25, 0.3) is 0 Å². The van der Waals surface area contributed by atoms with E-state index in [0.717, 1.165) is 4.47 Å². The smallest absolute Gasteiger partial charge is 0.411 e. The third kappa shape index (κ3) is 5.20. The van der Waals surface area contributed by atoms with Gasteiger partial charge in [0.05, 0.1) is 12.0 Å². The molecule has 1 aromatic carbocycles. The van der Waals surface area contributed by atoms with Gasteiger partial charge in [0.15, 0.2) is 0 Å². The second-order valence-electron chi connectivity index (χ2n) is 7.03. The Bertz CT molecular complexity index is 804. The van der Waals surface area contributed by atoms with Gasteiger partial charge >= 0.3 is 12.1 Å². The van der Waals surface area contributed by atoms with Gasteiger partial charge in [-0.3, -0.25) is 4.90 Å². The van der Waals surface area contributed by atoms with Crippen LogP contribution in [0.4, 0.5) is 4.79 Å². The Morgan fingerprint density at radius 3 is 2.26 bits per heavy atom. The largest absolute Gasteiger partial charge is 0.467 e. The van der Waals surface area contributed by atoms with E-state index in [4.69, 9.17) is 9.47 Å². The molecule has 0 bridgehead atoms. The van der Waals surface area contributed by atoms with Crippen LogP contribution in [0.3, 0.4) is 0 Å². The molecule has 0 N–H and O–H groups in total. The van der Waals surface area contributed by atoms with Crippen LogP contribution in [0.2, 0.25) is 0 Å². The van der Waals surface area contributed by atoms with Gasteiger partial charge < -0.3 is 9.47 Å². The Morgan fingerprint density at radius 1 is 1.15 bits per heavy atom. The summed E-state index contributed by atoms with van der Waals surface area (Å²) in [7, 11) is -2.62. The Morgan fingerprint density at radius 2 is 1.74 bits per heavy atom. The minimum atomic E-state index is -3.81. The van der Waals surface area contributed by atoms with E-state index < -0.39 is 33.7 Å². The average molecular weight is 463 g/mol. The van der Waals surface area contributed by atoms with Gasteiger partial charge in [-0.15, -0.1) is 0 Å². The number of sulfonamides is 1. The molecule has 0 spiro atoms. The van der Waals surface area contributed by atoms with Crippen LogP contribution in [-0.2, 0) is 24.3 Å². The molecule has 1 aliphatic rings. The number of carbonyl (C=O) groups excluding carboxylic acids is 2. The van der Waals surface area contributed by atoms with Gasteiger partial charge in [-0.05, 0) is 45.0 Å². The van der Waals surface area contributed by atoms with Gasteiger partial charge in [0.2, 0.25) is 10.0 Å². The quantitative estimate of drug-likeness (QED) is 0.639. The molecule has 1 saturated heterocycles. The van der Waals surface area contributed by atoms with Crippen molar-refractivity contribution in [3.63, 3.8) is 0 Å². The van der Waals surface area contributed by atoms with E-state index in [2.05, 4.69) is 15.9 Å². The molecule has 2 rings (SSSR count). The second-order valence-corrected chi connectivity index (χ2v) is 9.88. The van der Waals surface area contributed by atoms with E-state index in [0.29, 0.717) is 0 Å². The van der Waals surface area contributed by atoms with Crippen molar-refractivity contribution in [2.75, 3.05) is 26.7 Å². The summed E-state index contributed by atoms with van der Waals surface area (Å²) in [4.78, 5) is 26.0. The molecule has 1 unspecified atom stereocenters. The Labute approximate surface area is 167 Å².